The second-order valence-corrected chi connectivity index (χ2v) is 7.46. The molecule has 3 rings (SSSR count). The molecule has 0 unspecified atom stereocenters. The van der Waals surface area contributed by atoms with Gasteiger partial charge in [0, 0.05) is 24.6 Å². The molecule has 0 aliphatic rings. The molecule has 0 spiro atoms. The van der Waals surface area contributed by atoms with Crippen molar-refractivity contribution in [2.75, 3.05) is 19.8 Å². The van der Waals surface area contributed by atoms with Crippen LogP contribution >= 0.6 is 0 Å². The summed E-state index contributed by atoms with van der Waals surface area (Å²) in [6.07, 6.45) is 0.220. The maximum Gasteiger partial charge on any atom is 0.343 e. The van der Waals surface area contributed by atoms with E-state index in [0.717, 1.165) is 0 Å². The SMILES string of the molecule is O=C(O)CCCOc1cc(OC(=O)c2ccccc2)ccc1/N=N/c1ccc(C(=O)NCCO)cc1. The highest BCUT2D eigenvalue weighted by molar-refractivity contribution is 5.94. The van der Waals surface area contributed by atoms with Gasteiger partial charge in [-0.3, -0.25) is 9.59 Å². The summed E-state index contributed by atoms with van der Waals surface area (Å²) in [6.45, 7) is 0.123. The Morgan fingerprint density at radius 3 is 2.33 bits per heavy atom. The average molecular weight is 492 g/mol. The van der Waals surface area contributed by atoms with E-state index in [1.54, 1.807) is 66.7 Å². The third kappa shape index (κ3) is 8.03. The summed E-state index contributed by atoms with van der Waals surface area (Å²) in [5.41, 5.74) is 1.62. The van der Waals surface area contributed by atoms with Gasteiger partial charge in [0.25, 0.3) is 5.91 Å². The molecule has 0 aliphatic carbocycles. The van der Waals surface area contributed by atoms with Gasteiger partial charge >= 0.3 is 11.9 Å². The van der Waals surface area contributed by atoms with Crippen molar-refractivity contribution in [2.24, 2.45) is 10.2 Å². The number of aliphatic hydroxyl groups is 1. The van der Waals surface area contributed by atoms with Gasteiger partial charge in [-0.05, 0) is 55.0 Å². The molecule has 10 heteroatoms. The number of carbonyl (C=O) groups excluding carboxylic acids is 2. The molecule has 36 heavy (non-hydrogen) atoms. The maximum absolute atomic E-state index is 12.4. The fourth-order valence-corrected chi connectivity index (χ4v) is 2.96. The molecular formula is C26H25N3O7. The molecule has 3 aromatic rings. The second-order valence-electron chi connectivity index (χ2n) is 7.46. The number of benzene rings is 3. The van der Waals surface area contributed by atoms with Crippen LogP contribution in [0.25, 0.3) is 0 Å². The summed E-state index contributed by atoms with van der Waals surface area (Å²) in [4.78, 5) is 35.1. The van der Waals surface area contributed by atoms with Crippen LogP contribution in [0, 0.1) is 0 Å². The summed E-state index contributed by atoms with van der Waals surface area (Å²) in [5, 5.41) is 28.6. The first-order valence-electron chi connectivity index (χ1n) is 11.1. The van der Waals surface area contributed by atoms with Crippen molar-refractivity contribution < 1.29 is 34.1 Å². The molecule has 1 amide bonds. The molecule has 0 fully saturated rings. The van der Waals surface area contributed by atoms with Gasteiger partial charge in [-0.15, -0.1) is 5.11 Å². The van der Waals surface area contributed by atoms with Crippen LogP contribution in [0.3, 0.4) is 0 Å². The molecule has 0 saturated carbocycles. The molecule has 0 atom stereocenters. The van der Waals surface area contributed by atoms with Crippen molar-refractivity contribution in [1.82, 2.24) is 5.32 Å². The number of carboxylic acid groups (broad SMARTS) is 1. The zero-order chi connectivity index (χ0) is 25.8. The van der Waals surface area contributed by atoms with Gasteiger partial charge in [-0.25, -0.2) is 4.79 Å². The minimum absolute atomic E-state index is 0.0578. The zero-order valence-corrected chi connectivity index (χ0v) is 19.3. The lowest BCUT2D eigenvalue weighted by atomic mass is 10.2. The number of amides is 1. The van der Waals surface area contributed by atoms with Crippen LogP contribution in [0.15, 0.2) is 83.0 Å². The number of esters is 1. The molecule has 186 valence electrons. The number of ether oxygens (including phenoxy) is 2. The monoisotopic (exact) mass is 491 g/mol. The molecule has 0 radical (unpaired) electrons. The van der Waals surface area contributed by atoms with E-state index in [9.17, 15) is 14.4 Å². The van der Waals surface area contributed by atoms with Gasteiger partial charge in [0.15, 0.2) is 5.75 Å². The van der Waals surface area contributed by atoms with E-state index in [0.29, 0.717) is 22.5 Å². The van der Waals surface area contributed by atoms with Crippen LogP contribution in [0.4, 0.5) is 11.4 Å². The summed E-state index contributed by atoms with van der Waals surface area (Å²) >= 11 is 0. The van der Waals surface area contributed by atoms with Crippen molar-refractivity contribution in [2.45, 2.75) is 12.8 Å². The lowest BCUT2D eigenvalue weighted by Crippen LogP contribution is -2.26. The van der Waals surface area contributed by atoms with E-state index < -0.39 is 11.9 Å². The first kappa shape index (κ1) is 26.0. The Morgan fingerprint density at radius 1 is 0.889 bits per heavy atom. The van der Waals surface area contributed by atoms with Gasteiger partial charge in [-0.1, -0.05) is 18.2 Å². The summed E-state index contributed by atoms with van der Waals surface area (Å²) in [7, 11) is 0. The van der Waals surface area contributed by atoms with E-state index in [-0.39, 0.29) is 50.0 Å². The van der Waals surface area contributed by atoms with Crippen LogP contribution in [0.5, 0.6) is 11.5 Å². The predicted octanol–water partition coefficient (Wildman–Crippen LogP) is 4.29. The number of carboxylic acids is 1. The van der Waals surface area contributed by atoms with Gasteiger partial charge in [0.1, 0.15) is 11.4 Å². The minimum atomic E-state index is -0.933. The summed E-state index contributed by atoms with van der Waals surface area (Å²) < 4.78 is 11.1. The van der Waals surface area contributed by atoms with Crippen LogP contribution in [0.2, 0.25) is 0 Å². The quantitative estimate of drug-likeness (QED) is 0.148. The van der Waals surface area contributed by atoms with Crippen LogP contribution in [-0.4, -0.2) is 47.8 Å². The molecule has 0 aromatic heterocycles. The largest absolute Gasteiger partial charge is 0.491 e. The number of aliphatic hydroxyl groups excluding tert-OH is 1. The van der Waals surface area contributed by atoms with Gasteiger partial charge in [-0.2, -0.15) is 5.11 Å². The fourth-order valence-electron chi connectivity index (χ4n) is 2.96. The van der Waals surface area contributed by atoms with Crippen LogP contribution in [-0.2, 0) is 4.79 Å². The predicted molar refractivity (Wildman–Crippen MR) is 130 cm³/mol. The normalized spacial score (nSPS) is 10.7. The molecule has 0 heterocycles. The van der Waals surface area contributed by atoms with Crippen molar-refractivity contribution in [3.63, 3.8) is 0 Å². The van der Waals surface area contributed by atoms with Crippen molar-refractivity contribution in [3.05, 3.63) is 83.9 Å². The highest BCUT2D eigenvalue weighted by Crippen LogP contribution is 2.33. The molecular weight excluding hydrogens is 466 g/mol. The van der Waals surface area contributed by atoms with E-state index in [4.69, 9.17) is 19.7 Å². The van der Waals surface area contributed by atoms with E-state index in [1.807, 2.05) is 0 Å². The van der Waals surface area contributed by atoms with Gasteiger partial charge in [0.05, 0.1) is 24.5 Å². The highest BCUT2D eigenvalue weighted by Gasteiger charge is 2.12. The van der Waals surface area contributed by atoms with Gasteiger partial charge in [0.2, 0.25) is 0 Å². The zero-order valence-electron chi connectivity index (χ0n) is 19.3. The van der Waals surface area contributed by atoms with Gasteiger partial charge < -0.3 is 25.0 Å². The van der Waals surface area contributed by atoms with Crippen LogP contribution < -0.4 is 14.8 Å². The van der Waals surface area contributed by atoms with E-state index >= 15 is 0 Å². The first-order valence-corrected chi connectivity index (χ1v) is 11.1. The number of nitrogens with one attached hydrogen (secondary N) is 1. The Morgan fingerprint density at radius 2 is 1.64 bits per heavy atom. The number of hydrogen-bond donors (Lipinski definition) is 3. The summed E-state index contributed by atoms with van der Waals surface area (Å²) in [5.74, 6) is -1.29. The number of aliphatic carboxylic acids is 1. The Hall–Kier alpha value is -4.57. The highest BCUT2D eigenvalue weighted by atomic mass is 16.5. The number of rotatable bonds is 12. The molecule has 0 saturated heterocycles. The minimum Gasteiger partial charge on any atom is -0.491 e. The number of nitrogens with zero attached hydrogens (tertiary/aromatic N) is 2. The second kappa shape index (κ2) is 13.4. The van der Waals surface area contributed by atoms with Crippen molar-refractivity contribution >= 4 is 29.2 Å². The average Bonchev–Trinajstić information content (AvgIpc) is 2.90. The maximum atomic E-state index is 12.4. The smallest absolute Gasteiger partial charge is 0.343 e. The molecule has 3 N–H and O–H groups in total. The number of azo groups is 1. The Bertz CT molecular complexity index is 1210. The summed E-state index contributed by atoms with van der Waals surface area (Å²) in [6, 6.07) is 19.5. The molecule has 3 aromatic carbocycles. The number of hydrogen-bond acceptors (Lipinski definition) is 8. The van der Waals surface area contributed by atoms with E-state index in [2.05, 4.69) is 15.5 Å². The molecule has 10 nitrogen and oxygen atoms in total. The topological polar surface area (TPSA) is 147 Å². The Labute approximate surface area is 207 Å². The Balaban J connectivity index is 1.75. The molecule has 0 bridgehead atoms. The first-order chi connectivity index (χ1) is 17.5. The lowest BCUT2D eigenvalue weighted by molar-refractivity contribution is -0.137. The fraction of sp³-hybridized carbons (Fsp3) is 0.192. The lowest BCUT2D eigenvalue weighted by Gasteiger charge is -2.10. The molecule has 0 aliphatic heterocycles. The van der Waals surface area contributed by atoms with E-state index in [1.165, 1.54) is 6.07 Å². The van der Waals surface area contributed by atoms with Crippen molar-refractivity contribution in [3.8, 4) is 11.5 Å². The standard InChI is InChI=1S/C26H25N3O7/c30-15-14-27-25(33)18-8-10-20(11-9-18)28-29-22-13-12-21(17-23(22)35-16-4-7-24(31)32)36-26(34)19-5-2-1-3-6-19/h1-3,5-6,8-13,17,30H,4,7,14-16H2,(H,27,33)(H,31,32)/b29-28+. The van der Waals surface area contributed by atoms with Crippen molar-refractivity contribution in [1.29, 1.82) is 0 Å². The van der Waals surface area contributed by atoms with Crippen LogP contribution in [0.1, 0.15) is 33.6 Å². The third-order valence-corrected chi connectivity index (χ3v) is 4.74. The third-order valence-electron chi connectivity index (χ3n) is 4.74. The Kier molecular flexibility index (Phi) is 9.66. The number of carbonyl (C=O) groups is 3.